The summed E-state index contributed by atoms with van der Waals surface area (Å²) in [6, 6.07) is 0. The highest BCUT2D eigenvalue weighted by Gasteiger charge is 2.28. The molecule has 1 aliphatic heterocycles. The highest BCUT2D eigenvalue weighted by atomic mass is 16.3. The summed E-state index contributed by atoms with van der Waals surface area (Å²) in [6.07, 6.45) is 12.5. The average Bonchev–Trinajstić information content (AvgIpc) is 2.71. The number of likely N-dealkylation sites (tertiary alicyclic amines) is 1. The average molecular weight is 271 g/mol. The van der Waals surface area contributed by atoms with Gasteiger partial charge in [0.25, 0.3) is 0 Å². The number of β-amino-alcohol motifs (C(OH)–C–C–N with tert-alkyl or cyclic N) is 2. The lowest BCUT2D eigenvalue weighted by Crippen LogP contribution is -2.23. The molecule has 19 heavy (non-hydrogen) atoms. The van der Waals surface area contributed by atoms with Crippen molar-refractivity contribution in [2.45, 2.75) is 83.3 Å². The zero-order valence-electron chi connectivity index (χ0n) is 12.7. The first-order chi connectivity index (χ1) is 9.24. The van der Waals surface area contributed by atoms with E-state index in [-0.39, 0.29) is 0 Å². The second-order valence-electron chi connectivity index (χ2n) is 6.08. The largest absolute Gasteiger partial charge is 0.389 e. The predicted octanol–water partition coefficient (Wildman–Crippen LogP) is 2.94. The standard InChI is InChI=1S/C16H33NO2/c1-2-3-4-5-6-7-8-9-10-11-12-17-13-15(18)16(19)14-17/h15-16,18-19H,2-14H2,1H3/t15-,16-/m0/s1. The van der Waals surface area contributed by atoms with Crippen LogP contribution in [-0.2, 0) is 0 Å². The fourth-order valence-electron chi connectivity index (χ4n) is 2.85. The molecular weight excluding hydrogens is 238 g/mol. The quantitative estimate of drug-likeness (QED) is 0.568. The van der Waals surface area contributed by atoms with Crippen LogP contribution in [0.3, 0.4) is 0 Å². The third-order valence-electron chi connectivity index (χ3n) is 4.16. The molecule has 0 aliphatic carbocycles. The molecule has 1 aliphatic rings. The van der Waals surface area contributed by atoms with Crippen LogP contribution in [0.15, 0.2) is 0 Å². The summed E-state index contributed by atoms with van der Waals surface area (Å²) in [4.78, 5) is 2.18. The molecule has 2 N–H and O–H groups in total. The first kappa shape index (κ1) is 16.9. The Bertz CT molecular complexity index is 201. The van der Waals surface area contributed by atoms with Gasteiger partial charge >= 0.3 is 0 Å². The van der Waals surface area contributed by atoms with Gasteiger partial charge in [-0.3, -0.25) is 4.90 Å². The highest BCUT2D eigenvalue weighted by molar-refractivity contribution is 4.82. The van der Waals surface area contributed by atoms with Gasteiger partial charge < -0.3 is 10.2 Å². The Morgan fingerprint density at radius 1 is 0.737 bits per heavy atom. The molecule has 1 saturated heterocycles. The SMILES string of the molecule is CCCCCCCCCCCCN1C[C@H](O)[C@@H](O)C1. The maximum Gasteiger partial charge on any atom is 0.0938 e. The smallest absolute Gasteiger partial charge is 0.0938 e. The van der Waals surface area contributed by atoms with Crippen molar-refractivity contribution >= 4 is 0 Å². The number of unbranched alkanes of at least 4 members (excludes halogenated alkanes) is 9. The molecular formula is C16H33NO2. The van der Waals surface area contributed by atoms with Crippen LogP contribution < -0.4 is 0 Å². The molecule has 0 radical (unpaired) electrons. The Balaban J connectivity index is 1.79. The van der Waals surface area contributed by atoms with E-state index in [9.17, 15) is 10.2 Å². The van der Waals surface area contributed by atoms with Crippen LogP contribution in [0.1, 0.15) is 71.1 Å². The van der Waals surface area contributed by atoms with E-state index < -0.39 is 12.2 Å². The summed E-state index contributed by atoms with van der Waals surface area (Å²) in [5, 5.41) is 18.9. The van der Waals surface area contributed by atoms with Crippen LogP contribution in [0.4, 0.5) is 0 Å². The number of hydrogen-bond donors (Lipinski definition) is 2. The maximum atomic E-state index is 9.44. The summed E-state index contributed by atoms with van der Waals surface area (Å²) in [6.45, 7) is 4.60. The van der Waals surface area contributed by atoms with Crippen LogP contribution in [0.5, 0.6) is 0 Å². The lowest BCUT2D eigenvalue weighted by Gasteiger charge is -2.13. The van der Waals surface area contributed by atoms with Crippen molar-refractivity contribution in [1.29, 1.82) is 0 Å². The van der Waals surface area contributed by atoms with Crippen molar-refractivity contribution in [3.05, 3.63) is 0 Å². The molecule has 0 unspecified atom stereocenters. The molecule has 0 aromatic rings. The van der Waals surface area contributed by atoms with Gasteiger partial charge in [-0.1, -0.05) is 64.7 Å². The van der Waals surface area contributed by atoms with E-state index in [4.69, 9.17) is 0 Å². The number of rotatable bonds is 11. The zero-order chi connectivity index (χ0) is 13.9. The van der Waals surface area contributed by atoms with Crippen LogP contribution in [0.25, 0.3) is 0 Å². The third kappa shape index (κ3) is 7.91. The number of aliphatic hydroxyl groups excluding tert-OH is 2. The molecule has 114 valence electrons. The van der Waals surface area contributed by atoms with E-state index in [2.05, 4.69) is 11.8 Å². The van der Waals surface area contributed by atoms with Crippen molar-refractivity contribution < 1.29 is 10.2 Å². The van der Waals surface area contributed by atoms with E-state index in [1.807, 2.05) is 0 Å². The van der Waals surface area contributed by atoms with Gasteiger partial charge in [-0.15, -0.1) is 0 Å². The van der Waals surface area contributed by atoms with Gasteiger partial charge in [-0.2, -0.15) is 0 Å². The number of nitrogens with zero attached hydrogens (tertiary/aromatic N) is 1. The van der Waals surface area contributed by atoms with E-state index in [1.165, 1.54) is 64.2 Å². The van der Waals surface area contributed by atoms with Gasteiger partial charge in [-0.05, 0) is 13.0 Å². The number of aliphatic hydroxyl groups is 2. The van der Waals surface area contributed by atoms with Crippen molar-refractivity contribution in [2.24, 2.45) is 0 Å². The van der Waals surface area contributed by atoms with Gasteiger partial charge in [-0.25, -0.2) is 0 Å². The molecule has 3 nitrogen and oxygen atoms in total. The molecule has 0 aromatic carbocycles. The van der Waals surface area contributed by atoms with Gasteiger partial charge in [0.2, 0.25) is 0 Å². The Labute approximate surface area is 119 Å². The highest BCUT2D eigenvalue weighted by Crippen LogP contribution is 2.13. The zero-order valence-corrected chi connectivity index (χ0v) is 12.7. The normalized spacial score (nSPS) is 24.2. The number of hydrogen-bond acceptors (Lipinski definition) is 3. The van der Waals surface area contributed by atoms with Crippen molar-refractivity contribution in [3.63, 3.8) is 0 Å². The monoisotopic (exact) mass is 271 g/mol. The molecule has 0 saturated carbocycles. The summed E-state index contributed by atoms with van der Waals surface area (Å²) in [7, 11) is 0. The van der Waals surface area contributed by atoms with Gasteiger partial charge in [0.05, 0.1) is 12.2 Å². The molecule has 1 fully saturated rings. The van der Waals surface area contributed by atoms with E-state index in [0.29, 0.717) is 13.1 Å². The summed E-state index contributed by atoms with van der Waals surface area (Å²) in [5.41, 5.74) is 0. The summed E-state index contributed by atoms with van der Waals surface area (Å²) in [5.74, 6) is 0. The Kier molecular flexibility index (Phi) is 9.48. The lowest BCUT2D eigenvalue weighted by molar-refractivity contribution is 0.0572. The predicted molar refractivity (Wildman–Crippen MR) is 80.3 cm³/mol. The fourth-order valence-corrected chi connectivity index (χ4v) is 2.85. The van der Waals surface area contributed by atoms with Crippen molar-refractivity contribution in [1.82, 2.24) is 4.90 Å². The van der Waals surface area contributed by atoms with Crippen LogP contribution in [0, 0.1) is 0 Å². The summed E-state index contributed by atoms with van der Waals surface area (Å²) < 4.78 is 0. The minimum absolute atomic E-state index is 0.525. The van der Waals surface area contributed by atoms with Crippen LogP contribution in [-0.4, -0.2) is 47.0 Å². The molecule has 0 spiro atoms. The minimum Gasteiger partial charge on any atom is -0.389 e. The Morgan fingerprint density at radius 2 is 1.16 bits per heavy atom. The first-order valence-corrected chi connectivity index (χ1v) is 8.32. The van der Waals surface area contributed by atoms with Crippen molar-refractivity contribution in [3.8, 4) is 0 Å². The third-order valence-corrected chi connectivity index (χ3v) is 4.16. The molecule has 1 rings (SSSR count). The van der Waals surface area contributed by atoms with Gasteiger partial charge in [0.15, 0.2) is 0 Å². The molecule has 0 aromatic heterocycles. The van der Waals surface area contributed by atoms with Gasteiger partial charge in [0, 0.05) is 13.1 Å². The molecule has 0 amide bonds. The van der Waals surface area contributed by atoms with Crippen molar-refractivity contribution in [2.75, 3.05) is 19.6 Å². The first-order valence-electron chi connectivity index (χ1n) is 8.32. The molecule has 1 heterocycles. The minimum atomic E-state index is -0.525. The second kappa shape index (κ2) is 10.6. The molecule has 2 atom stereocenters. The summed E-state index contributed by atoms with van der Waals surface area (Å²) >= 11 is 0. The Morgan fingerprint density at radius 3 is 1.63 bits per heavy atom. The van der Waals surface area contributed by atoms with Crippen LogP contribution in [0.2, 0.25) is 0 Å². The molecule has 0 bridgehead atoms. The topological polar surface area (TPSA) is 43.7 Å². The van der Waals surface area contributed by atoms with Crippen LogP contribution >= 0.6 is 0 Å². The lowest BCUT2D eigenvalue weighted by atomic mass is 10.1. The van der Waals surface area contributed by atoms with E-state index in [1.54, 1.807) is 0 Å². The Hall–Kier alpha value is -0.120. The maximum absolute atomic E-state index is 9.44. The fraction of sp³-hybridized carbons (Fsp3) is 1.00. The second-order valence-corrected chi connectivity index (χ2v) is 6.08. The van der Waals surface area contributed by atoms with Gasteiger partial charge in [0.1, 0.15) is 0 Å². The van der Waals surface area contributed by atoms with E-state index >= 15 is 0 Å². The molecule has 3 heteroatoms. The van der Waals surface area contributed by atoms with E-state index in [0.717, 1.165) is 6.54 Å².